The molecule has 0 bridgehead atoms. The molecule has 2 saturated carbocycles. The standard InChI is InChI=1S/C15H24N2O/c1-11-12(9-16-13-6-7-13)8-15(18-11)10-17(2)14-4-3-5-14/h8,13-14,16H,3-7,9-10H2,1-2H3. The number of furan rings is 1. The van der Waals surface area contributed by atoms with Gasteiger partial charge in [0.2, 0.25) is 0 Å². The number of hydrogen-bond acceptors (Lipinski definition) is 3. The van der Waals surface area contributed by atoms with E-state index in [4.69, 9.17) is 4.42 Å². The maximum Gasteiger partial charge on any atom is 0.118 e. The van der Waals surface area contributed by atoms with E-state index in [1.165, 1.54) is 37.7 Å². The first-order valence-electron chi connectivity index (χ1n) is 7.24. The van der Waals surface area contributed by atoms with Crippen molar-refractivity contribution in [2.75, 3.05) is 7.05 Å². The van der Waals surface area contributed by atoms with Gasteiger partial charge in [-0.05, 0) is 45.7 Å². The van der Waals surface area contributed by atoms with Crippen molar-refractivity contribution in [2.45, 2.75) is 64.2 Å². The highest BCUT2D eigenvalue weighted by atomic mass is 16.3. The van der Waals surface area contributed by atoms with Crippen LogP contribution in [0.25, 0.3) is 0 Å². The Morgan fingerprint density at radius 2 is 2.11 bits per heavy atom. The lowest BCUT2D eigenvalue weighted by atomic mass is 9.92. The third-order valence-electron chi connectivity index (χ3n) is 4.33. The summed E-state index contributed by atoms with van der Waals surface area (Å²) in [5.41, 5.74) is 1.33. The van der Waals surface area contributed by atoms with Gasteiger partial charge in [-0.15, -0.1) is 0 Å². The van der Waals surface area contributed by atoms with Gasteiger partial charge in [0.25, 0.3) is 0 Å². The summed E-state index contributed by atoms with van der Waals surface area (Å²) in [5.74, 6) is 2.20. The molecule has 1 aromatic rings. The first-order valence-corrected chi connectivity index (χ1v) is 7.24. The first kappa shape index (κ1) is 12.2. The van der Waals surface area contributed by atoms with E-state index in [9.17, 15) is 0 Å². The van der Waals surface area contributed by atoms with E-state index in [1.807, 2.05) is 0 Å². The summed E-state index contributed by atoms with van der Waals surface area (Å²) < 4.78 is 5.88. The molecular formula is C15H24N2O. The maximum atomic E-state index is 5.88. The van der Waals surface area contributed by atoms with Crippen molar-refractivity contribution in [3.63, 3.8) is 0 Å². The Labute approximate surface area is 110 Å². The van der Waals surface area contributed by atoms with Gasteiger partial charge >= 0.3 is 0 Å². The summed E-state index contributed by atoms with van der Waals surface area (Å²) in [4.78, 5) is 2.43. The summed E-state index contributed by atoms with van der Waals surface area (Å²) >= 11 is 0. The Kier molecular flexibility index (Phi) is 3.44. The fourth-order valence-electron chi connectivity index (χ4n) is 2.59. The monoisotopic (exact) mass is 248 g/mol. The van der Waals surface area contributed by atoms with Crippen LogP contribution in [0.15, 0.2) is 10.5 Å². The van der Waals surface area contributed by atoms with Crippen LogP contribution in [0.2, 0.25) is 0 Å². The summed E-state index contributed by atoms with van der Waals surface area (Å²) in [5, 5.41) is 3.55. The zero-order valence-corrected chi connectivity index (χ0v) is 11.5. The predicted octanol–water partition coefficient (Wildman–Crippen LogP) is 2.82. The lowest BCUT2D eigenvalue weighted by Crippen LogP contribution is -2.36. The molecule has 0 unspecified atom stereocenters. The maximum absolute atomic E-state index is 5.88. The molecule has 0 amide bonds. The topological polar surface area (TPSA) is 28.4 Å². The van der Waals surface area contributed by atoms with Crippen LogP contribution in [-0.4, -0.2) is 24.0 Å². The SMILES string of the molecule is Cc1oc(CN(C)C2CCC2)cc1CNC1CC1. The van der Waals surface area contributed by atoms with E-state index in [-0.39, 0.29) is 0 Å². The summed E-state index contributed by atoms with van der Waals surface area (Å²) in [6.07, 6.45) is 6.78. The molecule has 0 saturated heterocycles. The minimum absolute atomic E-state index is 0.764. The van der Waals surface area contributed by atoms with Crippen molar-refractivity contribution in [3.05, 3.63) is 23.2 Å². The second-order valence-corrected chi connectivity index (χ2v) is 5.95. The van der Waals surface area contributed by atoms with Crippen LogP contribution in [0.5, 0.6) is 0 Å². The van der Waals surface area contributed by atoms with Gasteiger partial charge in [0.1, 0.15) is 11.5 Å². The molecule has 0 aliphatic heterocycles. The fraction of sp³-hybridized carbons (Fsp3) is 0.733. The molecule has 100 valence electrons. The molecule has 1 aromatic heterocycles. The molecule has 0 radical (unpaired) electrons. The van der Waals surface area contributed by atoms with Crippen LogP contribution in [0.3, 0.4) is 0 Å². The Morgan fingerprint density at radius 3 is 2.72 bits per heavy atom. The summed E-state index contributed by atoms with van der Waals surface area (Å²) in [7, 11) is 2.21. The van der Waals surface area contributed by atoms with E-state index >= 15 is 0 Å². The van der Waals surface area contributed by atoms with Crippen molar-refractivity contribution in [1.82, 2.24) is 10.2 Å². The van der Waals surface area contributed by atoms with Crippen LogP contribution >= 0.6 is 0 Å². The van der Waals surface area contributed by atoms with Gasteiger partial charge in [-0.2, -0.15) is 0 Å². The molecule has 2 fully saturated rings. The Bertz CT molecular complexity index is 405. The van der Waals surface area contributed by atoms with E-state index < -0.39 is 0 Å². The molecule has 0 aromatic carbocycles. The lowest BCUT2D eigenvalue weighted by molar-refractivity contribution is 0.142. The van der Waals surface area contributed by atoms with Crippen molar-refractivity contribution >= 4 is 0 Å². The third-order valence-corrected chi connectivity index (χ3v) is 4.33. The third kappa shape index (κ3) is 2.78. The van der Waals surface area contributed by atoms with Gasteiger partial charge in [0.05, 0.1) is 6.54 Å². The highest BCUT2D eigenvalue weighted by Crippen LogP contribution is 2.26. The number of hydrogen-bond donors (Lipinski definition) is 1. The summed E-state index contributed by atoms with van der Waals surface area (Å²) in [6.45, 7) is 4.00. The smallest absolute Gasteiger partial charge is 0.118 e. The van der Waals surface area contributed by atoms with Crippen LogP contribution in [0.4, 0.5) is 0 Å². The van der Waals surface area contributed by atoms with E-state index in [2.05, 4.69) is 30.3 Å². The average Bonchev–Trinajstić information content (AvgIpc) is 2.99. The zero-order chi connectivity index (χ0) is 12.5. The second-order valence-electron chi connectivity index (χ2n) is 5.95. The predicted molar refractivity (Wildman–Crippen MR) is 72.4 cm³/mol. The molecule has 1 N–H and O–H groups in total. The van der Waals surface area contributed by atoms with E-state index in [1.54, 1.807) is 0 Å². The Morgan fingerprint density at radius 1 is 1.33 bits per heavy atom. The molecule has 2 aliphatic rings. The van der Waals surface area contributed by atoms with Gasteiger partial charge in [-0.3, -0.25) is 4.90 Å². The molecule has 2 aliphatic carbocycles. The van der Waals surface area contributed by atoms with Gasteiger partial charge in [0, 0.05) is 24.2 Å². The fourth-order valence-corrected chi connectivity index (χ4v) is 2.59. The molecular weight excluding hydrogens is 224 g/mol. The van der Waals surface area contributed by atoms with Crippen molar-refractivity contribution in [1.29, 1.82) is 0 Å². The largest absolute Gasteiger partial charge is 0.465 e. The van der Waals surface area contributed by atoms with Crippen molar-refractivity contribution in [3.8, 4) is 0 Å². The van der Waals surface area contributed by atoms with Crippen LogP contribution in [0, 0.1) is 6.92 Å². The number of nitrogens with one attached hydrogen (secondary N) is 1. The van der Waals surface area contributed by atoms with Crippen LogP contribution < -0.4 is 5.32 Å². The normalized spacial score (nSPS) is 20.4. The second kappa shape index (κ2) is 5.06. The number of nitrogens with zero attached hydrogens (tertiary/aromatic N) is 1. The van der Waals surface area contributed by atoms with Crippen molar-refractivity contribution < 1.29 is 4.42 Å². The minimum atomic E-state index is 0.764. The molecule has 3 nitrogen and oxygen atoms in total. The Hall–Kier alpha value is -0.800. The first-order chi connectivity index (χ1) is 8.72. The lowest BCUT2D eigenvalue weighted by Gasteiger charge is -2.34. The van der Waals surface area contributed by atoms with E-state index in [0.29, 0.717) is 0 Å². The Balaban J connectivity index is 1.56. The van der Waals surface area contributed by atoms with Crippen molar-refractivity contribution in [2.24, 2.45) is 0 Å². The van der Waals surface area contributed by atoms with Gasteiger partial charge in [-0.1, -0.05) is 6.42 Å². The molecule has 1 heterocycles. The molecule has 0 atom stereocenters. The summed E-state index contributed by atoms with van der Waals surface area (Å²) in [6, 6.07) is 3.78. The van der Waals surface area contributed by atoms with Gasteiger partial charge in [0.15, 0.2) is 0 Å². The highest BCUT2D eigenvalue weighted by molar-refractivity contribution is 5.21. The van der Waals surface area contributed by atoms with Gasteiger partial charge < -0.3 is 9.73 Å². The van der Waals surface area contributed by atoms with Crippen LogP contribution in [0.1, 0.15) is 49.2 Å². The number of aryl methyl sites for hydroxylation is 1. The zero-order valence-electron chi connectivity index (χ0n) is 11.5. The molecule has 18 heavy (non-hydrogen) atoms. The molecule has 3 rings (SSSR count). The van der Waals surface area contributed by atoms with Gasteiger partial charge in [-0.25, -0.2) is 0 Å². The average molecular weight is 248 g/mol. The van der Waals surface area contributed by atoms with E-state index in [0.717, 1.165) is 36.7 Å². The number of rotatable bonds is 6. The molecule has 3 heteroatoms. The quantitative estimate of drug-likeness (QED) is 0.839. The highest BCUT2D eigenvalue weighted by Gasteiger charge is 2.23. The van der Waals surface area contributed by atoms with Crippen LogP contribution in [-0.2, 0) is 13.1 Å². The minimum Gasteiger partial charge on any atom is -0.465 e. The molecule has 0 spiro atoms.